The van der Waals surface area contributed by atoms with Gasteiger partial charge in [-0.1, -0.05) is 19.3 Å². The lowest BCUT2D eigenvalue weighted by Crippen LogP contribution is -2.30. The Hall–Kier alpha value is -1.58. The number of amides is 1. The Labute approximate surface area is 106 Å². The maximum absolute atomic E-state index is 13.0. The van der Waals surface area contributed by atoms with E-state index in [2.05, 4.69) is 5.32 Å². The maximum atomic E-state index is 13.0. The molecule has 4 heteroatoms. The Morgan fingerprint density at radius 3 is 2.78 bits per heavy atom. The van der Waals surface area contributed by atoms with Crippen LogP contribution in [0.3, 0.4) is 0 Å². The molecule has 1 amide bonds. The molecule has 0 aromatic heterocycles. The summed E-state index contributed by atoms with van der Waals surface area (Å²) in [6.07, 6.45) is 5.97. The van der Waals surface area contributed by atoms with Gasteiger partial charge in [0.1, 0.15) is 11.6 Å². The summed E-state index contributed by atoms with van der Waals surface area (Å²) in [5, 5.41) is 12.3. The molecule has 2 rings (SSSR count). The van der Waals surface area contributed by atoms with Crippen molar-refractivity contribution in [1.82, 2.24) is 5.32 Å². The molecule has 1 fully saturated rings. The Kier molecular flexibility index (Phi) is 4.18. The fourth-order valence-corrected chi connectivity index (χ4v) is 2.41. The van der Waals surface area contributed by atoms with E-state index in [4.69, 9.17) is 0 Å². The summed E-state index contributed by atoms with van der Waals surface area (Å²) < 4.78 is 13.0. The molecule has 0 spiro atoms. The molecular formula is C14H18FNO2. The SMILES string of the molecule is O=C(NCC1CCCCC1)c1cc(F)ccc1O. The molecule has 0 radical (unpaired) electrons. The van der Waals surface area contributed by atoms with Gasteiger partial charge >= 0.3 is 0 Å². The van der Waals surface area contributed by atoms with E-state index in [1.807, 2.05) is 0 Å². The summed E-state index contributed by atoms with van der Waals surface area (Å²) in [7, 11) is 0. The van der Waals surface area contributed by atoms with Crippen LogP contribution in [0.2, 0.25) is 0 Å². The van der Waals surface area contributed by atoms with Gasteiger partial charge in [0, 0.05) is 6.54 Å². The summed E-state index contributed by atoms with van der Waals surface area (Å²) in [4.78, 5) is 11.8. The molecule has 1 aromatic carbocycles. The molecular weight excluding hydrogens is 233 g/mol. The first-order valence-electron chi connectivity index (χ1n) is 6.43. The van der Waals surface area contributed by atoms with Gasteiger partial charge < -0.3 is 10.4 Å². The number of phenolic OH excluding ortho intramolecular Hbond substituents is 1. The molecule has 3 nitrogen and oxygen atoms in total. The largest absolute Gasteiger partial charge is 0.507 e. The number of nitrogens with one attached hydrogen (secondary N) is 1. The highest BCUT2D eigenvalue weighted by atomic mass is 19.1. The fourth-order valence-electron chi connectivity index (χ4n) is 2.41. The first-order valence-corrected chi connectivity index (χ1v) is 6.43. The molecule has 0 atom stereocenters. The van der Waals surface area contributed by atoms with Gasteiger partial charge in [0.15, 0.2) is 0 Å². The standard InChI is InChI=1S/C14H18FNO2/c15-11-6-7-13(17)12(8-11)14(18)16-9-10-4-2-1-3-5-10/h6-8,10,17H,1-5,9H2,(H,16,18). The van der Waals surface area contributed by atoms with E-state index in [0.29, 0.717) is 12.5 Å². The summed E-state index contributed by atoms with van der Waals surface area (Å²) >= 11 is 0. The molecule has 0 aliphatic heterocycles. The van der Waals surface area contributed by atoms with E-state index in [1.54, 1.807) is 0 Å². The van der Waals surface area contributed by atoms with Crippen LogP contribution < -0.4 is 5.32 Å². The number of benzene rings is 1. The maximum Gasteiger partial charge on any atom is 0.255 e. The molecule has 1 aromatic rings. The van der Waals surface area contributed by atoms with Crippen LogP contribution in [0.1, 0.15) is 42.5 Å². The normalized spacial score (nSPS) is 16.5. The number of phenols is 1. The number of hydrogen-bond acceptors (Lipinski definition) is 2. The third-order valence-electron chi connectivity index (χ3n) is 3.48. The highest BCUT2D eigenvalue weighted by molar-refractivity contribution is 5.96. The second kappa shape index (κ2) is 5.85. The van der Waals surface area contributed by atoms with Crippen molar-refractivity contribution in [2.24, 2.45) is 5.92 Å². The van der Waals surface area contributed by atoms with Crippen LogP contribution in [0.4, 0.5) is 4.39 Å². The topological polar surface area (TPSA) is 49.3 Å². The Bertz CT molecular complexity index is 428. The first-order chi connectivity index (χ1) is 8.66. The molecule has 1 aliphatic carbocycles. The first kappa shape index (κ1) is 12.9. The van der Waals surface area contributed by atoms with Gasteiger partial charge in [-0.15, -0.1) is 0 Å². The lowest BCUT2D eigenvalue weighted by Gasteiger charge is -2.21. The average Bonchev–Trinajstić information content (AvgIpc) is 2.40. The molecule has 0 unspecified atom stereocenters. The van der Waals surface area contributed by atoms with Gasteiger partial charge in [0.2, 0.25) is 0 Å². The van der Waals surface area contributed by atoms with E-state index < -0.39 is 11.7 Å². The molecule has 1 saturated carbocycles. The summed E-state index contributed by atoms with van der Waals surface area (Å²) in [5.41, 5.74) is 0.00538. The molecule has 2 N–H and O–H groups in total. The zero-order valence-electron chi connectivity index (χ0n) is 10.3. The Morgan fingerprint density at radius 1 is 1.33 bits per heavy atom. The number of rotatable bonds is 3. The van der Waals surface area contributed by atoms with Crippen LogP contribution in [0.25, 0.3) is 0 Å². The van der Waals surface area contributed by atoms with Crippen molar-refractivity contribution in [1.29, 1.82) is 0 Å². The minimum absolute atomic E-state index is 0.00538. The van der Waals surface area contributed by atoms with Crippen molar-refractivity contribution < 1.29 is 14.3 Å². The zero-order chi connectivity index (χ0) is 13.0. The monoisotopic (exact) mass is 251 g/mol. The lowest BCUT2D eigenvalue weighted by atomic mass is 9.89. The molecule has 1 aliphatic rings. The Morgan fingerprint density at radius 2 is 2.06 bits per heavy atom. The van der Waals surface area contributed by atoms with Gasteiger partial charge in [-0.25, -0.2) is 4.39 Å². The summed E-state index contributed by atoms with van der Waals surface area (Å²) in [6, 6.07) is 3.39. The van der Waals surface area contributed by atoms with Crippen LogP contribution in [-0.4, -0.2) is 17.6 Å². The van der Waals surface area contributed by atoms with E-state index >= 15 is 0 Å². The van der Waals surface area contributed by atoms with Crippen LogP contribution >= 0.6 is 0 Å². The van der Waals surface area contributed by atoms with Crippen molar-refractivity contribution in [3.05, 3.63) is 29.6 Å². The number of hydrogen-bond donors (Lipinski definition) is 2. The average molecular weight is 251 g/mol. The summed E-state index contributed by atoms with van der Waals surface area (Å²) in [6.45, 7) is 0.606. The van der Waals surface area contributed by atoms with E-state index in [1.165, 1.54) is 25.3 Å². The Balaban J connectivity index is 1.92. The number of carbonyl (C=O) groups excluding carboxylic acids is 1. The molecule has 0 heterocycles. The lowest BCUT2D eigenvalue weighted by molar-refractivity contribution is 0.0940. The minimum atomic E-state index is -0.518. The van der Waals surface area contributed by atoms with Gasteiger partial charge in [0.25, 0.3) is 5.91 Å². The third-order valence-corrected chi connectivity index (χ3v) is 3.48. The van der Waals surface area contributed by atoms with Crippen molar-refractivity contribution in [2.45, 2.75) is 32.1 Å². The van der Waals surface area contributed by atoms with Crippen LogP contribution in [-0.2, 0) is 0 Å². The van der Waals surface area contributed by atoms with Crippen molar-refractivity contribution in [3.8, 4) is 5.75 Å². The minimum Gasteiger partial charge on any atom is -0.507 e. The van der Waals surface area contributed by atoms with E-state index in [0.717, 1.165) is 25.0 Å². The van der Waals surface area contributed by atoms with Crippen molar-refractivity contribution in [3.63, 3.8) is 0 Å². The molecule has 0 saturated heterocycles. The van der Waals surface area contributed by atoms with E-state index in [9.17, 15) is 14.3 Å². The predicted molar refractivity (Wildman–Crippen MR) is 67.0 cm³/mol. The molecule has 0 bridgehead atoms. The highest BCUT2D eigenvalue weighted by Gasteiger charge is 2.16. The number of aromatic hydroxyl groups is 1. The number of carbonyl (C=O) groups is 1. The second-order valence-electron chi connectivity index (χ2n) is 4.88. The van der Waals surface area contributed by atoms with Gasteiger partial charge in [-0.05, 0) is 37.0 Å². The van der Waals surface area contributed by atoms with Gasteiger partial charge in [-0.2, -0.15) is 0 Å². The van der Waals surface area contributed by atoms with Crippen LogP contribution in [0.5, 0.6) is 5.75 Å². The van der Waals surface area contributed by atoms with Gasteiger partial charge in [0.05, 0.1) is 5.56 Å². The highest BCUT2D eigenvalue weighted by Crippen LogP contribution is 2.23. The van der Waals surface area contributed by atoms with Gasteiger partial charge in [-0.3, -0.25) is 4.79 Å². The predicted octanol–water partition coefficient (Wildman–Crippen LogP) is 2.84. The quantitative estimate of drug-likeness (QED) is 0.867. The molecule has 98 valence electrons. The van der Waals surface area contributed by atoms with Crippen molar-refractivity contribution in [2.75, 3.05) is 6.54 Å². The smallest absolute Gasteiger partial charge is 0.255 e. The second-order valence-corrected chi connectivity index (χ2v) is 4.88. The zero-order valence-corrected chi connectivity index (χ0v) is 10.3. The van der Waals surface area contributed by atoms with Crippen LogP contribution in [0.15, 0.2) is 18.2 Å². The number of halogens is 1. The molecule has 18 heavy (non-hydrogen) atoms. The third kappa shape index (κ3) is 3.22. The van der Waals surface area contributed by atoms with Crippen molar-refractivity contribution >= 4 is 5.91 Å². The fraction of sp³-hybridized carbons (Fsp3) is 0.500. The summed E-state index contributed by atoms with van der Waals surface area (Å²) in [5.74, 6) is -0.593. The van der Waals surface area contributed by atoms with E-state index in [-0.39, 0.29) is 11.3 Å². The van der Waals surface area contributed by atoms with Crippen LogP contribution in [0, 0.1) is 11.7 Å².